The minimum Gasteiger partial charge on any atom is -0.490 e. The monoisotopic (exact) mass is 378 g/mol. The van der Waals surface area contributed by atoms with Crippen molar-refractivity contribution >= 4 is 29.0 Å². The van der Waals surface area contributed by atoms with E-state index in [0.717, 1.165) is 24.9 Å². The van der Waals surface area contributed by atoms with E-state index < -0.39 is 0 Å². The average Bonchev–Trinajstić information content (AvgIpc) is 3.46. The van der Waals surface area contributed by atoms with Crippen LogP contribution in [0.3, 0.4) is 0 Å². The van der Waals surface area contributed by atoms with Gasteiger partial charge in [-0.3, -0.25) is 5.10 Å². The number of methoxy groups -OCH3 is 1. The first-order valence-corrected chi connectivity index (χ1v) is 8.84. The number of nitriles is 1. The third-order valence-corrected chi connectivity index (χ3v) is 4.74. The number of ether oxygens (including phenoxy) is 1. The molecule has 0 bridgehead atoms. The third-order valence-electron chi connectivity index (χ3n) is 4.74. The molecule has 0 amide bonds. The Bertz CT molecular complexity index is 1090. The number of fused-ring (bicyclic) bond motifs is 1. The van der Waals surface area contributed by atoms with E-state index in [4.69, 9.17) is 15.0 Å². The zero-order valence-corrected chi connectivity index (χ0v) is 15.2. The average molecular weight is 378 g/mol. The summed E-state index contributed by atoms with van der Waals surface area (Å²) in [6.45, 7) is 0.785. The Labute approximate surface area is 160 Å². The molecule has 2 N–H and O–H groups in total. The Morgan fingerprint density at radius 3 is 3.18 bits per heavy atom. The van der Waals surface area contributed by atoms with Gasteiger partial charge in [0.25, 0.3) is 0 Å². The maximum Gasteiger partial charge on any atom is 0.245 e. The number of carbonyl (C=O) groups excluding carboxylic acids is 1. The van der Waals surface area contributed by atoms with Gasteiger partial charge in [0.2, 0.25) is 5.95 Å². The molecular formula is C18H18N8O2. The van der Waals surface area contributed by atoms with E-state index in [9.17, 15) is 4.79 Å². The molecule has 0 aliphatic carbocycles. The van der Waals surface area contributed by atoms with Gasteiger partial charge in [0.05, 0.1) is 7.11 Å². The maximum atomic E-state index is 11.0. The van der Waals surface area contributed by atoms with Gasteiger partial charge in [0, 0.05) is 31.3 Å². The number of anilines is 3. The van der Waals surface area contributed by atoms with Crippen LogP contribution in [0.25, 0.3) is 5.52 Å². The summed E-state index contributed by atoms with van der Waals surface area (Å²) in [5.74, 6) is 3.76. The minimum atomic E-state index is 0.0628. The first-order chi connectivity index (χ1) is 13.7. The summed E-state index contributed by atoms with van der Waals surface area (Å²) < 4.78 is 6.83. The number of hydrogen-bond acceptors (Lipinski definition) is 8. The van der Waals surface area contributed by atoms with Crippen molar-refractivity contribution in [1.82, 2.24) is 24.8 Å². The van der Waals surface area contributed by atoms with Gasteiger partial charge < -0.3 is 15.0 Å². The lowest BCUT2D eigenvalue weighted by Gasteiger charge is -2.25. The fourth-order valence-corrected chi connectivity index (χ4v) is 3.39. The third kappa shape index (κ3) is 3.26. The number of aromatic amines is 1. The van der Waals surface area contributed by atoms with Crippen molar-refractivity contribution in [2.24, 2.45) is 0 Å². The van der Waals surface area contributed by atoms with Crippen molar-refractivity contribution in [3.8, 4) is 6.07 Å². The van der Waals surface area contributed by atoms with Crippen molar-refractivity contribution in [3.05, 3.63) is 35.8 Å². The molecule has 1 aliphatic heterocycles. The van der Waals surface area contributed by atoms with Crippen molar-refractivity contribution < 1.29 is 9.53 Å². The smallest absolute Gasteiger partial charge is 0.245 e. The minimum absolute atomic E-state index is 0.0628. The Kier molecular flexibility index (Phi) is 4.66. The molecule has 4 heterocycles. The van der Waals surface area contributed by atoms with Gasteiger partial charge in [0.15, 0.2) is 23.3 Å². The van der Waals surface area contributed by atoms with E-state index >= 15 is 0 Å². The predicted octanol–water partition coefficient (Wildman–Crippen LogP) is 1.79. The van der Waals surface area contributed by atoms with E-state index in [2.05, 4.69) is 25.5 Å². The van der Waals surface area contributed by atoms with Crippen molar-refractivity contribution in [2.75, 3.05) is 23.9 Å². The Morgan fingerprint density at radius 2 is 2.43 bits per heavy atom. The predicted molar refractivity (Wildman–Crippen MR) is 101 cm³/mol. The quantitative estimate of drug-likeness (QED) is 0.491. The molecule has 0 spiro atoms. The molecule has 3 aromatic heterocycles. The SMILES string of the molecule is COC(=C=O)C[C@H]1CCCN1c1nc(Nc2cc(C#N)[nH]n2)c2cccn2n1. The second kappa shape index (κ2) is 7.42. The van der Waals surface area contributed by atoms with Gasteiger partial charge in [-0.15, -0.1) is 5.10 Å². The van der Waals surface area contributed by atoms with Gasteiger partial charge in [-0.2, -0.15) is 15.3 Å². The standard InChI is InChI=1S/C18H18N8O2/c1-28-14(11-27)9-13-4-2-6-25(13)18-21-17(15-5-3-7-26(15)24-18)20-16-8-12(10-19)22-23-16/h3,5,7-8,13H,2,4,6,9H2,1H3,(H2,20,21,22,23,24)/t13-/m1/s1. The summed E-state index contributed by atoms with van der Waals surface area (Å²) in [5.41, 5.74) is 1.14. The molecular weight excluding hydrogens is 360 g/mol. The highest BCUT2D eigenvalue weighted by Crippen LogP contribution is 2.29. The van der Waals surface area contributed by atoms with E-state index in [-0.39, 0.29) is 11.8 Å². The lowest BCUT2D eigenvalue weighted by molar-refractivity contribution is 0.273. The Morgan fingerprint density at radius 1 is 1.54 bits per heavy atom. The van der Waals surface area contributed by atoms with E-state index in [1.807, 2.05) is 30.3 Å². The van der Waals surface area contributed by atoms with Gasteiger partial charge in [-0.05, 0) is 25.0 Å². The maximum absolute atomic E-state index is 11.0. The van der Waals surface area contributed by atoms with Crippen LogP contribution in [0.5, 0.6) is 0 Å². The van der Waals surface area contributed by atoms with Crippen LogP contribution in [-0.4, -0.2) is 50.4 Å². The molecule has 142 valence electrons. The highest BCUT2D eigenvalue weighted by Gasteiger charge is 2.29. The first kappa shape index (κ1) is 17.6. The van der Waals surface area contributed by atoms with Gasteiger partial charge in [0.1, 0.15) is 17.3 Å². The molecule has 4 rings (SSSR count). The summed E-state index contributed by atoms with van der Waals surface area (Å²) in [6, 6.07) is 7.45. The van der Waals surface area contributed by atoms with Crippen LogP contribution in [0.4, 0.5) is 17.6 Å². The molecule has 3 aromatic rings. The van der Waals surface area contributed by atoms with Gasteiger partial charge >= 0.3 is 0 Å². The summed E-state index contributed by atoms with van der Waals surface area (Å²) in [5, 5.41) is 23.4. The molecule has 1 fully saturated rings. The molecule has 1 aliphatic rings. The first-order valence-electron chi connectivity index (χ1n) is 8.84. The van der Waals surface area contributed by atoms with Gasteiger partial charge in [-0.1, -0.05) is 0 Å². The van der Waals surface area contributed by atoms with Crippen LogP contribution in [0.2, 0.25) is 0 Å². The van der Waals surface area contributed by atoms with Crippen molar-refractivity contribution in [2.45, 2.75) is 25.3 Å². The number of nitrogens with one attached hydrogen (secondary N) is 2. The number of rotatable bonds is 6. The summed E-state index contributed by atoms with van der Waals surface area (Å²) in [4.78, 5) is 17.8. The fourth-order valence-electron chi connectivity index (χ4n) is 3.39. The second-order valence-electron chi connectivity index (χ2n) is 6.43. The number of hydrogen-bond donors (Lipinski definition) is 2. The summed E-state index contributed by atoms with van der Waals surface area (Å²) in [7, 11) is 1.48. The molecule has 0 saturated carbocycles. The molecule has 1 atom stereocenters. The second-order valence-corrected chi connectivity index (χ2v) is 6.43. The topological polar surface area (TPSA) is 124 Å². The van der Waals surface area contributed by atoms with Crippen molar-refractivity contribution in [1.29, 1.82) is 5.26 Å². The van der Waals surface area contributed by atoms with Gasteiger partial charge in [-0.25, -0.2) is 9.31 Å². The Hall–Kier alpha value is -3.83. The molecule has 0 radical (unpaired) electrons. The number of nitrogens with zero attached hydrogens (tertiary/aromatic N) is 6. The van der Waals surface area contributed by atoms with Crippen LogP contribution in [0.15, 0.2) is 30.2 Å². The van der Waals surface area contributed by atoms with Crippen LogP contribution in [0, 0.1) is 11.3 Å². The highest BCUT2D eigenvalue weighted by molar-refractivity contribution is 5.73. The summed E-state index contributed by atoms with van der Waals surface area (Å²) >= 11 is 0. The summed E-state index contributed by atoms with van der Waals surface area (Å²) in [6.07, 6.45) is 4.19. The van der Waals surface area contributed by atoms with Crippen molar-refractivity contribution in [3.63, 3.8) is 0 Å². The van der Waals surface area contributed by atoms with Crippen LogP contribution in [-0.2, 0) is 9.53 Å². The van der Waals surface area contributed by atoms with Crippen LogP contribution in [0.1, 0.15) is 25.0 Å². The lowest BCUT2D eigenvalue weighted by atomic mass is 10.1. The van der Waals surface area contributed by atoms with Crippen LogP contribution < -0.4 is 10.2 Å². The number of aromatic nitrogens is 5. The zero-order valence-electron chi connectivity index (χ0n) is 15.2. The molecule has 10 nitrogen and oxygen atoms in total. The van der Waals surface area contributed by atoms with E-state index in [0.29, 0.717) is 29.7 Å². The van der Waals surface area contributed by atoms with E-state index in [1.54, 1.807) is 10.6 Å². The number of H-pyrrole nitrogens is 1. The fraction of sp³-hybridized carbons (Fsp3) is 0.333. The molecule has 0 unspecified atom stereocenters. The zero-order chi connectivity index (χ0) is 19.5. The van der Waals surface area contributed by atoms with E-state index in [1.165, 1.54) is 7.11 Å². The molecule has 28 heavy (non-hydrogen) atoms. The molecule has 0 aromatic carbocycles. The molecule has 10 heteroatoms. The normalized spacial score (nSPS) is 16.0. The Balaban J connectivity index is 1.67. The lowest BCUT2D eigenvalue weighted by Crippen LogP contribution is -2.32. The largest absolute Gasteiger partial charge is 0.490 e. The highest BCUT2D eigenvalue weighted by atomic mass is 16.5. The molecule has 1 saturated heterocycles. The van der Waals surface area contributed by atoms with Crippen LogP contribution >= 0.6 is 0 Å².